The van der Waals surface area contributed by atoms with Gasteiger partial charge in [0, 0.05) is 25.2 Å². The van der Waals surface area contributed by atoms with Crippen molar-refractivity contribution in [3.8, 4) is 6.07 Å². The molecule has 0 saturated heterocycles. The number of methoxy groups -OCH3 is 1. The summed E-state index contributed by atoms with van der Waals surface area (Å²) in [6.07, 6.45) is 1.62. The molecule has 114 valence electrons. The lowest BCUT2D eigenvalue weighted by molar-refractivity contribution is 0.184. The van der Waals surface area contributed by atoms with Crippen molar-refractivity contribution < 1.29 is 4.74 Å². The van der Waals surface area contributed by atoms with Gasteiger partial charge >= 0.3 is 0 Å². The van der Waals surface area contributed by atoms with Crippen molar-refractivity contribution in [2.45, 2.75) is 13.2 Å². The van der Waals surface area contributed by atoms with Gasteiger partial charge in [-0.15, -0.1) is 0 Å². The minimum atomic E-state index is 0.549. The van der Waals surface area contributed by atoms with Crippen LogP contribution in [-0.4, -0.2) is 12.1 Å². The molecule has 0 saturated carbocycles. The molecule has 1 N–H and O–H groups in total. The van der Waals surface area contributed by atoms with Crippen LogP contribution in [0.2, 0.25) is 0 Å². The number of benzene rings is 2. The molecule has 0 unspecified atom stereocenters. The van der Waals surface area contributed by atoms with Gasteiger partial charge in [0.1, 0.15) is 6.07 Å². The number of rotatable bonds is 5. The lowest BCUT2D eigenvalue weighted by Gasteiger charge is -2.13. The summed E-state index contributed by atoms with van der Waals surface area (Å²) in [5, 5.41) is 13.7. The van der Waals surface area contributed by atoms with E-state index in [1.807, 2.05) is 36.4 Å². The number of para-hydroxylation sites is 1. The quantitative estimate of drug-likeness (QED) is 0.777. The van der Waals surface area contributed by atoms with Gasteiger partial charge in [0.15, 0.2) is 0 Å². The first-order chi connectivity index (χ1) is 11.3. The number of anilines is 1. The summed E-state index contributed by atoms with van der Waals surface area (Å²) in [6, 6.07) is 18.2. The number of aromatic nitrogens is 1. The first-order valence-electron chi connectivity index (χ1n) is 7.41. The molecule has 0 spiro atoms. The third kappa shape index (κ3) is 3.15. The smallest absolute Gasteiger partial charge is 0.103 e. The monoisotopic (exact) mass is 303 g/mol. The van der Waals surface area contributed by atoms with Gasteiger partial charge in [0.05, 0.1) is 23.4 Å². The lowest BCUT2D eigenvalue weighted by Crippen LogP contribution is -2.06. The van der Waals surface area contributed by atoms with E-state index < -0.39 is 0 Å². The van der Waals surface area contributed by atoms with Gasteiger partial charge in [-0.2, -0.15) is 5.26 Å². The van der Waals surface area contributed by atoms with Crippen LogP contribution < -0.4 is 5.32 Å². The Morgan fingerprint density at radius 1 is 1.09 bits per heavy atom. The molecule has 1 aromatic heterocycles. The van der Waals surface area contributed by atoms with Crippen LogP contribution in [0.4, 0.5) is 5.69 Å². The van der Waals surface area contributed by atoms with Gasteiger partial charge in [-0.3, -0.25) is 4.98 Å². The van der Waals surface area contributed by atoms with Crippen molar-refractivity contribution in [1.29, 1.82) is 5.26 Å². The highest BCUT2D eigenvalue weighted by Gasteiger charge is 2.09. The fourth-order valence-corrected chi connectivity index (χ4v) is 2.63. The molecule has 0 aliphatic heterocycles. The molecule has 0 fully saturated rings. The van der Waals surface area contributed by atoms with Crippen molar-refractivity contribution in [2.24, 2.45) is 0 Å². The lowest BCUT2D eigenvalue weighted by atomic mass is 10.1. The molecule has 0 amide bonds. The van der Waals surface area contributed by atoms with Gasteiger partial charge in [-0.25, -0.2) is 0 Å². The zero-order valence-corrected chi connectivity index (χ0v) is 12.9. The van der Waals surface area contributed by atoms with Crippen LogP contribution in [0.1, 0.15) is 16.7 Å². The minimum Gasteiger partial charge on any atom is -0.380 e. The van der Waals surface area contributed by atoms with Gasteiger partial charge < -0.3 is 10.1 Å². The average Bonchev–Trinajstić information content (AvgIpc) is 2.61. The molecule has 0 atom stereocenters. The largest absolute Gasteiger partial charge is 0.380 e. The number of ether oxygens (including phenoxy) is 1. The van der Waals surface area contributed by atoms with Crippen molar-refractivity contribution in [3.63, 3.8) is 0 Å². The van der Waals surface area contributed by atoms with E-state index in [0.717, 1.165) is 27.7 Å². The molecule has 0 bridgehead atoms. The molecule has 1 heterocycles. The normalized spacial score (nSPS) is 10.4. The van der Waals surface area contributed by atoms with Crippen molar-refractivity contribution in [3.05, 3.63) is 71.4 Å². The second kappa shape index (κ2) is 6.91. The van der Waals surface area contributed by atoms with Crippen molar-refractivity contribution in [2.75, 3.05) is 12.4 Å². The van der Waals surface area contributed by atoms with Crippen LogP contribution in [0.25, 0.3) is 10.9 Å². The molecule has 3 rings (SSSR count). The molecule has 2 aromatic carbocycles. The topological polar surface area (TPSA) is 57.9 Å². The number of nitriles is 1. The third-order valence-corrected chi connectivity index (χ3v) is 3.77. The predicted octanol–water partition coefficient (Wildman–Crippen LogP) is 3.86. The fourth-order valence-electron chi connectivity index (χ4n) is 2.63. The molecular weight excluding hydrogens is 286 g/mol. The van der Waals surface area contributed by atoms with E-state index >= 15 is 0 Å². The zero-order chi connectivity index (χ0) is 16.1. The maximum absolute atomic E-state index is 9.36. The molecule has 4 nitrogen and oxygen atoms in total. The minimum absolute atomic E-state index is 0.549. The molecule has 23 heavy (non-hydrogen) atoms. The molecule has 0 aliphatic carbocycles. The second-order valence-corrected chi connectivity index (χ2v) is 5.23. The van der Waals surface area contributed by atoms with Crippen LogP contribution in [0.3, 0.4) is 0 Å². The maximum atomic E-state index is 9.36. The Hall–Kier alpha value is -2.90. The van der Waals surface area contributed by atoms with E-state index in [0.29, 0.717) is 18.7 Å². The maximum Gasteiger partial charge on any atom is 0.103 e. The number of pyridine rings is 1. The first-order valence-corrected chi connectivity index (χ1v) is 7.41. The Morgan fingerprint density at radius 3 is 2.61 bits per heavy atom. The molecule has 0 aliphatic rings. The van der Waals surface area contributed by atoms with E-state index in [1.54, 1.807) is 13.3 Å². The Morgan fingerprint density at radius 2 is 1.83 bits per heavy atom. The van der Waals surface area contributed by atoms with Crippen LogP contribution >= 0.6 is 0 Å². The van der Waals surface area contributed by atoms with E-state index in [1.165, 1.54) is 0 Å². The SMILES string of the molecule is COCc1ccccc1CNc1c(C#N)cnc2ccccc12. The number of hydrogen-bond acceptors (Lipinski definition) is 4. The van der Waals surface area contributed by atoms with Crippen LogP contribution in [-0.2, 0) is 17.9 Å². The Balaban J connectivity index is 1.95. The van der Waals surface area contributed by atoms with E-state index in [9.17, 15) is 5.26 Å². The number of nitrogens with zero attached hydrogens (tertiary/aromatic N) is 2. The predicted molar refractivity (Wildman–Crippen MR) is 90.9 cm³/mol. The van der Waals surface area contributed by atoms with Crippen LogP contribution in [0.15, 0.2) is 54.7 Å². The molecule has 0 radical (unpaired) electrons. The summed E-state index contributed by atoms with van der Waals surface area (Å²) in [4.78, 5) is 4.33. The number of fused-ring (bicyclic) bond motifs is 1. The van der Waals surface area contributed by atoms with Gasteiger partial charge in [0.2, 0.25) is 0 Å². The highest BCUT2D eigenvalue weighted by atomic mass is 16.5. The van der Waals surface area contributed by atoms with Crippen molar-refractivity contribution in [1.82, 2.24) is 4.98 Å². The Kier molecular flexibility index (Phi) is 4.51. The van der Waals surface area contributed by atoms with E-state index in [-0.39, 0.29) is 0 Å². The molecule has 4 heteroatoms. The van der Waals surface area contributed by atoms with Gasteiger partial charge in [0.25, 0.3) is 0 Å². The number of nitrogens with one attached hydrogen (secondary N) is 1. The highest BCUT2D eigenvalue weighted by Crippen LogP contribution is 2.26. The summed E-state index contributed by atoms with van der Waals surface area (Å²) < 4.78 is 5.25. The van der Waals surface area contributed by atoms with E-state index in [2.05, 4.69) is 28.5 Å². The van der Waals surface area contributed by atoms with Gasteiger partial charge in [-0.05, 0) is 17.2 Å². The third-order valence-electron chi connectivity index (χ3n) is 3.77. The summed E-state index contributed by atoms with van der Waals surface area (Å²) in [6.45, 7) is 1.20. The standard InChI is InChI=1S/C19H17N3O/c1-23-13-15-7-3-2-6-14(15)11-22-19-16(10-20)12-21-18-9-5-4-8-17(18)19/h2-9,12H,11,13H2,1H3,(H,21,22). The van der Waals surface area contributed by atoms with E-state index in [4.69, 9.17) is 4.74 Å². The Labute approximate surface area is 135 Å². The van der Waals surface area contributed by atoms with Crippen LogP contribution in [0.5, 0.6) is 0 Å². The fraction of sp³-hybridized carbons (Fsp3) is 0.158. The highest BCUT2D eigenvalue weighted by molar-refractivity contribution is 5.93. The molecular formula is C19H17N3O. The van der Waals surface area contributed by atoms with Crippen molar-refractivity contribution >= 4 is 16.6 Å². The number of hydrogen-bond donors (Lipinski definition) is 1. The van der Waals surface area contributed by atoms with Gasteiger partial charge in [-0.1, -0.05) is 42.5 Å². The molecule has 3 aromatic rings. The first kappa shape index (κ1) is 15.0. The Bertz CT molecular complexity index is 868. The summed E-state index contributed by atoms with van der Waals surface area (Å²) in [5.41, 5.74) is 4.54. The summed E-state index contributed by atoms with van der Waals surface area (Å²) >= 11 is 0. The summed E-state index contributed by atoms with van der Waals surface area (Å²) in [7, 11) is 1.69. The zero-order valence-electron chi connectivity index (χ0n) is 12.9. The second-order valence-electron chi connectivity index (χ2n) is 5.23. The average molecular weight is 303 g/mol. The summed E-state index contributed by atoms with van der Waals surface area (Å²) in [5.74, 6) is 0. The van der Waals surface area contributed by atoms with Crippen LogP contribution in [0, 0.1) is 11.3 Å².